The largest absolute Gasteiger partial charge is 0.416 e. The number of guanidine groups is 1. The van der Waals surface area contributed by atoms with Gasteiger partial charge in [0.1, 0.15) is 6.54 Å². The number of hydrogen-bond donors (Lipinski definition) is 1. The topological polar surface area (TPSA) is 30.9 Å². The van der Waals surface area contributed by atoms with E-state index in [4.69, 9.17) is 0 Å². The summed E-state index contributed by atoms with van der Waals surface area (Å²) in [7, 11) is 0. The van der Waals surface area contributed by atoms with Gasteiger partial charge in [0.2, 0.25) is 0 Å². The van der Waals surface area contributed by atoms with Crippen LogP contribution < -0.4 is 5.32 Å². The van der Waals surface area contributed by atoms with Gasteiger partial charge in [0.15, 0.2) is 5.96 Å². The Kier molecular flexibility index (Phi) is 7.43. The van der Waals surface area contributed by atoms with Crippen LogP contribution in [0.15, 0.2) is 29.3 Å². The molecule has 0 aliphatic carbocycles. The van der Waals surface area contributed by atoms with Crippen molar-refractivity contribution in [2.45, 2.75) is 32.4 Å². The number of hydrogen-bond acceptors (Lipinski definition) is 2. The molecule has 0 amide bonds. The predicted molar refractivity (Wildman–Crippen MR) is 110 cm³/mol. The molecule has 1 atom stereocenters. The first-order valence-corrected chi connectivity index (χ1v) is 10.4. The third-order valence-electron chi connectivity index (χ3n) is 5.37. The highest BCUT2D eigenvalue weighted by Crippen LogP contribution is 2.29. The van der Waals surface area contributed by atoms with E-state index in [0.717, 1.165) is 50.7 Å². The first-order valence-electron chi connectivity index (χ1n) is 10.4. The second kappa shape index (κ2) is 10.0. The van der Waals surface area contributed by atoms with Gasteiger partial charge in [-0.3, -0.25) is 0 Å². The van der Waals surface area contributed by atoms with Gasteiger partial charge in [-0.25, -0.2) is 4.99 Å². The van der Waals surface area contributed by atoms with Crippen molar-refractivity contribution in [1.29, 1.82) is 0 Å². The summed E-state index contributed by atoms with van der Waals surface area (Å²) in [5.74, 6) is 7.18. The Labute approximate surface area is 171 Å². The number of halogens is 3. The fourth-order valence-electron chi connectivity index (χ4n) is 3.96. The Hall–Kier alpha value is -2.20. The van der Waals surface area contributed by atoms with Crippen LogP contribution in [0.4, 0.5) is 13.2 Å². The molecule has 4 nitrogen and oxygen atoms in total. The molecule has 2 aliphatic rings. The van der Waals surface area contributed by atoms with Gasteiger partial charge < -0.3 is 15.1 Å². The lowest BCUT2D eigenvalue weighted by molar-refractivity contribution is -0.137. The molecule has 2 fully saturated rings. The average Bonchev–Trinajstić information content (AvgIpc) is 3.36. The molecule has 2 heterocycles. The van der Waals surface area contributed by atoms with Crippen LogP contribution in [0.2, 0.25) is 0 Å². The summed E-state index contributed by atoms with van der Waals surface area (Å²) in [6, 6.07) is 5.09. The van der Waals surface area contributed by atoms with E-state index in [1.165, 1.54) is 32.0 Å². The molecule has 1 aromatic carbocycles. The van der Waals surface area contributed by atoms with Crippen molar-refractivity contribution < 1.29 is 13.2 Å². The summed E-state index contributed by atoms with van der Waals surface area (Å²) in [4.78, 5) is 9.40. The van der Waals surface area contributed by atoms with E-state index in [1.807, 2.05) is 6.92 Å². The van der Waals surface area contributed by atoms with Crippen molar-refractivity contribution in [3.63, 3.8) is 0 Å². The van der Waals surface area contributed by atoms with E-state index in [9.17, 15) is 13.2 Å². The SMILES string of the molecule is CCNC(=NCC#Cc1cccc(C(F)(F)F)c1)N1CCC(CN2CCCC2)C1. The average molecular weight is 406 g/mol. The third-order valence-corrected chi connectivity index (χ3v) is 5.37. The molecule has 0 aromatic heterocycles. The normalized spacial score (nSPS) is 20.6. The van der Waals surface area contributed by atoms with Crippen molar-refractivity contribution in [2.24, 2.45) is 10.9 Å². The predicted octanol–water partition coefficient (Wildman–Crippen LogP) is 3.44. The Bertz CT molecular complexity index is 757. The van der Waals surface area contributed by atoms with Crippen molar-refractivity contribution in [2.75, 3.05) is 45.8 Å². The number of likely N-dealkylation sites (tertiary alicyclic amines) is 2. The highest BCUT2D eigenvalue weighted by atomic mass is 19.4. The lowest BCUT2D eigenvalue weighted by Gasteiger charge is -2.23. The fraction of sp³-hybridized carbons (Fsp3) is 0.591. The molecule has 7 heteroatoms. The lowest BCUT2D eigenvalue weighted by atomic mass is 10.1. The van der Waals surface area contributed by atoms with Crippen LogP contribution in [0.3, 0.4) is 0 Å². The molecule has 0 saturated carbocycles. The van der Waals surface area contributed by atoms with Gasteiger partial charge in [0.05, 0.1) is 5.56 Å². The smallest absolute Gasteiger partial charge is 0.356 e. The summed E-state index contributed by atoms with van der Waals surface area (Å²) in [6.45, 7) is 8.62. The first-order chi connectivity index (χ1) is 14.0. The van der Waals surface area contributed by atoms with Gasteiger partial charge in [-0.2, -0.15) is 13.2 Å². The Morgan fingerprint density at radius 3 is 2.76 bits per heavy atom. The van der Waals surface area contributed by atoms with E-state index in [0.29, 0.717) is 11.5 Å². The van der Waals surface area contributed by atoms with Crippen molar-refractivity contribution >= 4 is 5.96 Å². The molecule has 2 saturated heterocycles. The molecular weight excluding hydrogens is 377 g/mol. The van der Waals surface area contributed by atoms with Crippen molar-refractivity contribution in [3.05, 3.63) is 35.4 Å². The molecule has 1 unspecified atom stereocenters. The van der Waals surface area contributed by atoms with Crippen LogP contribution in [0, 0.1) is 17.8 Å². The molecule has 158 valence electrons. The van der Waals surface area contributed by atoms with Gasteiger partial charge in [-0.15, -0.1) is 0 Å². The molecule has 3 rings (SSSR count). The minimum Gasteiger partial charge on any atom is -0.356 e. The van der Waals surface area contributed by atoms with Crippen LogP contribution in [0.25, 0.3) is 0 Å². The standard InChI is InChI=1S/C22H29F3N4/c1-2-26-21(29-14-10-19(17-29)16-28-12-3-4-13-28)27-11-6-8-18-7-5-9-20(15-18)22(23,24)25/h5,7,9,15,19H,2-4,10-14,16-17H2,1H3,(H,26,27). The maximum absolute atomic E-state index is 12.8. The zero-order valence-electron chi connectivity index (χ0n) is 16.9. The van der Waals surface area contributed by atoms with Crippen molar-refractivity contribution in [3.8, 4) is 11.8 Å². The van der Waals surface area contributed by atoms with Crippen LogP contribution >= 0.6 is 0 Å². The maximum atomic E-state index is 12.8. The van der Waals surface area contributed by atoms with Gasteiger partial charge in [-0.05, 0) is 63.4 Å². The van der Waals surface area contributed by atoms with Crippen molar-refractivity contribution in [1.82, 2.24) is 15.1 Å². The molecule has 1 N–H and O–H groups in total. The molecule has 2 aliphatic heterocycles. The quantitative estimate of drug-likeness (QED) is 0.472. The number of benzene rings is 1. The third kappa shape index (κ3) is 6.40. The minimum atomic E-state index is -4.35. The summed E-state index contributed by atoms with van der Waals surface area (Å²) >= 11 is 0. The number of alkyl halides is 3. The number of aliphatic imine (C=N–C) groups is 1. The van der Waals surface area contributed by atoms with Crippen LogP contribution in [-0.2, 0) is 6.18 Å². The van der Waals surface area contributed by atoms with E-state index >= 15 is 0 Å². The van der Waals surface area contributed by atoms with Gasteiger partial charge in [0.25, 0.3) is 0 Å². The maximum Gasteiger partial charge on any atom is 0.416 e. The van der Waals surface area contributed by atoms with E-state index in [-0.39, 0.29) is 6.54 Å². The summed E-state index contributed by atoms with van der Waals surface area (Å²) in [6.07, 6.45) is -0.567. The first kappa shape index (κ1) is 21.5. The highest BCUT2D eigenvalue weighted by Gasteiger charge is 2.30. The zero-order chi connectivity index (χ0) is 20.7. The molecule has 0 spiro atoms. The molecule has 29 heavy (non-hydrogen) atoms. The minimum absolute atomic E-state index is 0.256. The molecular formula is C22H29F3N4. The number of rotatable bonds is 4. The molecule has 1 aromatic rings. The van der Waals surface area contributed by atoms with Gasteiger partial charge >= 0.3 is 6.18 Å². The highest BCUT2D eigenvalue weighted by molar-refractivity contribution is 5.80. The van der Waals surface area contributed by atoms with Gasteiger partial charge in [0, 0.05) is 31.7 Å². The Morgan fingerprint density at radius 2 is 2.03 bits per heavy atom. The fourth-order valence-corrected chi connectivity index (χ4v) is 3.96. The van der Waals surface area contributed by atoms with Crippen LogP contribution in [-0.4, -0.2) is 61.6 Å². The zero-order valence-corrected chi connectivity index (χ0v) is 16.9. The summed E-state index contributed by atoms with van der Waals surface area (Å²) in [5.41, 5.74) is -0.325. The van der Waals surface area contributed by atoms with Gasteiger partial charge in [-0.1, -0.05) is 17.9 Å². The number of nitrogens with zero attached hydrogens (tertiary/aromatic N) is 3. The second-order valence-electron chi connectivity index (χ2n) is 7.66. The summed E-state index contributed by atoms with van der Waals surface area (Å²) in [5, 5.41) is 3.31. The summed E-state index contributed by atoms with van der Waals surface area (Å²) < 4.78 is 38.4. The number of nitrogens with one attached hydrogen (secondary N) is 1. The molecule has 0 radical (unpaired) electrons. The van der Waals surface area contributed by atoms with Crippen LogP contribution in [0.5, 0.6) is 0 Å². The van der Waals surface area contributed by atoms with E-state index in [1.54, 1.807) is 6.07 Å². The molecule has 0 bridgehead atoms. The van der Waals surface area contributed by atoms with E-state index < -0.39 is 11.7 Å². The van der Waals surface area contributed by atoms with Crippen LogP contribution in [0.1, 0.15) is 37.3 Å². The monoisotopic (exact) mass is 406 g/mol. The Morgan fingerprint density at radius 1 is 1.24 bits per heavy atom. The lowest BCUT2D eigenvalue weighted by Crippen LogP contribution is -2.40. The second-order valence-corrected chi connectivity index (χ2v) is 7.66. The Balaban J connectivity index is 1.57. The van der Waals surface area contributed by atoms with E-state index in [2.05, 4.69) is 31.9 Å².